The molecule has 3 heterocycles. The molecule has 1 aromatic heterocycles. The number of hydrogen-bond acceptors (Lipinski definition) is 9. The van der Waals surface area contributed by atoms with E-state index >= 15 is 0 Å². The van der Waals surface area contributed by atoms with E-state index < -0.39 is 11.9 Å². The first-order chi connectivity index (χ1) is 21.9. The molecule has 4 aliphatic rings. The monoisotopic (exact) mass is 618 g/mol. The Bertz CT molecular complexity index is 1400. The SMILES string of the molecule is CCCCOC(=O)N1CCN(C(=O)[C@@H](NC(=O)c2cc(N3C[C@@H]4[C@H](C3)[C@@H]4C(=O)OCC)nc(-c3ccccc3)n2)C2CC2)CC1. The molecule has 0 bridgehead atoms. The third-order valence-corrected chi connectivity index (χ3v) is 9.27. The number of benzene rings is 1. The number of hydrogen-bond donors (Lipinski definition) is 1. The minimum absolute atomic E-state index is 0.0684. The second kappa shape index (κ2) is 13.4. The van der Waals surface area contributed by atoms with Gasteiger partial charge in [-0.3, -0.25) is 14.4 Å². The Morgan fingerprint density at radius 3 is 2.27 bits per heavy atom. The summed E-state index contributed by atoms with van der Waals surface area (Å²) >= 11 is 0. The fourth-order valence-corrected chi connectivity index (χ4v) is 6.46. The zero-order valence-corrected chi connectivity index (χ0v) is 26.0. The number of nitrogens with zero attached hydrogens (tertiary/aromatic N) is 5. The third-order valence-electron chi connectivity index (χ3n) is 9.27. The predicted octanol–water partition coefficient (Wildman–Crippen LogP) is 2.98. The van der Waals surface area contributed by atoms with Crippen molar-refractivity contribution in [3.63, 3.8) is 0 Å². The van der Waals surface area contributed by atoms with Gasteiger partial charge in [0.1, 0.15) is 17.6 Å². The van der Waals surface area contributed by atoms with Gasteiger partial charge in [0.15, 0.2) is 5.82 Å². The normalized spacial score (nSPS) is 22.8. The molecule has 1 N–H and O–H groups in total. The van der Waals surface area contributed by atoms with Gasteiger partial charge in [-0.1, -0.05) is 43.7 Å². The van der Waals surface area contributed by atoms with Crippen LogP contribution in [0.3, 0.4) is 0 Å². The van der Waals surface area contributed by atoms with Crippen molar-refractivity contribution >= 4 is 29.7 Å². The van der Waals surface area contributed by atoms with Crippen LogP contribution in [0.25, 0.3) is 11.4 Å². The first-order valence-electron chi connectivity index (χ1n) is 16.2. The molecule has 4 fully saturated rings. The number of esters is 1. The first-order valence-corrected chi connectivity index (χ1v) is 16.2. The maximum Gasteiger partial charge on any atom is 0.409 e. The van der Waals surface area contributed by atoms with E-state index in [1.807, 2.05) is 44.2 Å². The number of ether oxygens (including phenoxy) is 2. The van der Waals surface area contributed by atoms with E-state index in [9.17, 15) is 19.2 Å². The lowest BCUT2D eigenvalue weighted by Gasteiger charge is -2.36. The fraction of sp³-hybridized carbons (Fsp3) is 0.576. The van der Waals surface area contributed by atoms with Gasteiger partial charge in [0.2, 0.25) is 5.91 Å². The first kappa shape index (κ1) is 30.8. The summed E-state index contributed by atoms with van der Waals surface area (Å²) in [6.45, 7) is 7.50. The van der Waals surface area contributed by atoms with Crippen molar-refractivity contribution in [2.45, 2.75) is 45.6 Å². The van der Waals surface area contributed by atoms with Gasteiger partial charge in [-0.2, -0.15) is 0 Å². The topological polar surface area (TPSA) is 134 Å². The van der Waals surface area contributed by atoms with Gasteiger partial charge in [0.25, 0.3) is 5.91 Å². The molecule has 2 saturated carbocycles. The number of anilines is 1. The van der Waals surface area contributed by atoms with Crippen LogP contribution in [0.2, 0.25) is 0 Å². The fourth-order valence-electron chi connectivity index (χ4n) is 6.46. The number of amides is 3. The van der Waals surface area contributed by atoms with Crippen LogP contribution in [0.15, 0.2) is 36.4 Å². The van der Waals surface area contributed by atoms with Crippen molar-refractivity contribution < 1.29 is 28.7 Å². The second-order valence-electron chi connectivity index (χ2n) is 12.4. The van der Waals surface area contributed by atoms with Crippen LogP contribution >= 0.6 is 0 Å². The second-order valence-corrected chi connectivity index (χ2v) is 12.4. The lowest BCUT2D eigenvalue weighted by molar-refractivity contribution is -0.145. The van der Waals surface area contributed by atoms with Crippen molar-refractivity contribution in [2.24, 2.45) is 23.7 Å². The van der Waals surface area contributed by atoms with Crippen molar-refractivity contribution in [3.05, 3.63) is 42.1 Å². The summed E-state index contributed by atoms with van der Waals surface area (Å²) in [4.78, 5) is 67.0. The smallest absolute Gasteiger partial charge is 0.409 e. The van der Waals surface area contributed by atoms with Crippen LogP contribution in [0.4, 0.5) is 10.6 Å². The summed E-state index contributed by atoms with van der Waals surface area (Å²) in [5.74, 6) is 0.789. The standard InChI is InChI=1S/C33H42N6O6/c1-3-5-17-45-33(43)38-15-13-37(14-16-38)31(41)28(21-11-12-21)36-30(40)25-18-26(35-29(34-25)22-9-7-6-8-10-22)39-19-23-24(20-39)27(23)32(42)44-4-2/h6-10,18,21,23-24,27-28H,3-5,11-17,19-20H2,1-2H3,(H,36,40)/t23-,24+,27-,28-/m0/s1. The largest absolute Gasteiger partial charge is 0.466 e. The van der Waals surface area contributed by atoms with Crippen LogP contribution < -0.4 is 10.2 Å². The minimum atomic E-state index is -0.663. The van der Waals surface area contributed by atoms with Gasteiger partial charge < -0.3 is 29.5 Å². The Morgan fingerprint density at radius 1 is 0.933 bits per heavy atom. The number of carbonyl (C=O) groups excluding carboxylic acids is 4. The number of aromatic nitrogens is 2. The van der Waals surface area contributed by atoms with Crippen molar-refractivity contribution in [1.82, 2.24) is 25.1 Å². The molecular formula is C33H42N6O6. The molecular weight excluding hydrogens is 576 g/mol. The average Bonchev–Trinajstić information content (AvgIpc) is 3.99. The molecule has 240 valence electrons. The van der Waals surface area contributed by atoms with E-state index in [0.29, 0.717) is 64.1 Å². The van der Waals surface area contributed by atoms with E-state index in [-0.39, 0.29) is 47.3 Å². The molecule has 2 aliphatic carbocycles. The zero-order valence-electron chi connectivity index (χ0n) is 26.0. The Morgan fingerprint density at radius 2 is 1.62 bits per heavy atom. The third kappa shape index (κ3) is 6.89. The Hall–Kier alpha value is -4.22. The Kier molecular flexibility index (Phi) is 9.18. The van der Waals surface area contributed by atoms with E-state index in [4.69, 9.17) is 14.5 Å². The number of carbonyl (C=O) groups is 4. The molecule has 12 nitrogen and oxygen atoms in total. The lowest BCUT2D eigenvalue weighted by Crippen LogP contribution is -2.56. The summed E-state index contributed by atoms with van der Waals surface area (Å²) in [5, 5.41) is 3.01. The van der Waals surface area contributed by atoms with Crippen LogP contribution in [-0.4, -0.2) is 102 Å². The van der Waals surface area contributed by atoms with E-state index in [1.54, 1.807) is 15.9 Å². The van der Waals surface area contributed by atoms with Gasteiger partial charge in [-0.15, -0.1) is 0 Å². The van der Waals surface area contributed by atoms with Crippen LogP contribution in [0.5, 0.6) is 0 Å². The highest BCUT2D eigenvalue weighted by atomic mass is 16.6. The van der Waals surface area contributed by atoms with Gasteiger partial charge >= 0.3 is 12.1 Å². The van der Waals surface area contributed by atoms with Crippen molar-refractivity contribution in [3.8, 4) is 11.4 Å². The quantitative estimate of drug-likeness (QED) is 0.298. The lowest BCUT2D eigenvalue weighted by atomic mass is 10.1. The molecule has 6 rings (SSSR count). The zero-order chi connectivity index (χ0) is 31.5. The molecule has 45 heavy (non-hydrogen) atoms. The molecule has 3 amide bonds. The predicted molar refractivity (Wildman–Crippen MR) is 165 cm³/mol. The summed E-state index contributed by atoms with van der Waals surface area (Å²) < 4.78 is 10.6. The number of piperazine rings is 1. The van der Waals surface area contributed by atoms with Gasteiger partial charge in [0.05, 0.1) is 19.1 Å². The van der Waals surface area contributed by atoms with Crippen LogP contribution in [-0.2, 0) is 19.1 Å². The maximum atomic E-state index is 13.8. The van der Waals surface area contributed by atoms with E-state index in [2.05, 4.69) is 15.2 Å². The molecule has 0 radical (unpaired) electrons. The van der Waals surface area contributed by atoms with E-state index in [1.165, 1.54) is 0 Å². The average molecular weight is 619 g/mol. The molecule has 0 unspecified atom stereocenters. The van der Waals surface area contributed by atoms with Gasteiger partial charge in [-0.05, 0) is 43.9 Å². The van der Waals surface area contributed by atoms with Crippen molar-refractivity contribution in [2.75, 3.05) is 57.4 Å². The number of nitrogens with one attached hydrogen (secondary N) is 1. The molecule has 0 spiro atoms. The molecule has 2 aromatic rings. The molecule has 2 aliphatic heterocycles. The molecule has 4 atom stereocenters. The summed E-state index contributed by atoms with van der Waals surface area (Å²) in [5.41, 5.74) is 0.975. The minimum Gasteiger partial charge on any atom is -0.466 e. The highest BCUT2D eigenvalue weighted by Crippen LogP contribution is 2.53. The molecule has 1 aromatic carbocycles. The maximum absolute atomic E-state index is 13.8. The van der Waals surface area contributed by atoms with Gasteiger partial charge in [0, 0.05) is 50.9 Å². The Balaban J connectivity index is 1.14. The van der Waals surface area contributed by atoms with Crippen molar-refractivity contribution in [1.29, 1.82) is 0 Å². The van der Waals surface area contributed by atoms with Gasteiger partial charge in [-0.25, -0.2) is 14.8 Å². The van der Waals surface area contributed by atoms with E-state index in [0.717, 1.165) is 31.2 Å². The summed E-state index contributed by atoms with van der Waals surface area (Å²) in [6.07, 6.45) is 3.15. The van der Waals surface area contributed by atoms with Crippen LogP contribution in [0, 0.1) is 23.7 Å². The Labute approximate surface area is 263 Å². The number of rotatable bonds is 11. The number of unbranched alkanes of at least 4 members (excludes halogenated alkanes) is 1. The van der Waals surface area contributed by atoms with Crippen LogP contribution in [0.1, 0.15) is 50.0 Å². The number of fused-ring (bicyclic) bond motifs is 1. The highest BCUT2D eigenvalue weighted by molar-refractivity contribution is 5.97. The molecule has 12 heteroatoms. The number of piperidine rings is 1. The summed E-state index contributed by atoms with van der Waals surface area (Å²) in [6, 6.07) is 10.5. The molecule has 2 saturated heterocycles. The highest BCUT2D eigenvalue weighted by Gasteiger charge is 2.60. The summed E-state index contributed by atoms with van der Waals surface area (Å²) in [7, 11) is 0.